The molecule has 0 saturated carbocycles. The molecule has 2 rings (SSSR count). The molecule has 0 saturated heterocycles. The van der Waals surface area contributed by atoms with Crippen LogP contribution in [0.2, 0.25) is 10.0 Å². The largest absolute Gasteiger partial charge is 0.218 e. The zero-order valence-electron chi connectivity index (χ0n) is 11.8. The van der Waals surface area contributed by atoms with Crippen molar-refractivity contribution in [2.45, 2.75) is 18.6 Å². The molecule has 0 spiro atoms. The van der Waals surface area contributed by atoms with E-state index in [2.05, 4.69) is 0 Å². The lowest BCUT2D eigenvalue weighted by atomic mass is 10.2. The number of sulfone groups is 1. The Balaban J connectivity index is 2.91. The molecule has 0 N–H and O–H groups in total. The van der Waals surface area contributed by atoms with Crippen LogP contribution in [-0.2, 0) is 18.7 Å². The summed E-state index contributed by atoms with van der Waals surface area (Å²) in [4.78, 5) is -1.48. The molecule has 11 heteroatoms. The van der Waals surface area contributed by atoms with E-state index < -0.39 is 52.9 Å². The summed E-state index contributed by atoms with van der Waals surface area (Å²) in [5, 5.41) is -1.71. The predicted octanol–water partition coefficient (Wildman–Crippen LogP) is 6.25. The van der Waals surface area contributed by atoms with Crippen molar-refractivity contribution in [2.75, 3.05) is 0 Å². The third-order valence-electron chi connectivity index (χ3n) is 3.29. The van der Waals surface area contributed by atoms with Gasteiger partial charge in [0.2, 0.25) is 9.84 Å². The van der Waals surface area contributed by atoms with Crippen molar-refractivity contribution in [2.24, 2.45) is 0 Å². The van der Waals surface area contributed by atoms with Crippen LogP contribution >= 0.6 is 68.4 Å². The van der Waals surface area contributed by atoms with Gasteiger partial charge in [-0.15, -0.1) is 0 Å². The number of benzene rings is 2. The van der Waals surface area contributed by atoms with Gasteiger partial charge in [0, 0.05) is 20.0 Å². The third-order valence-corrected chi connectivity index (χ3v) is 7.40. The maximum absolute atomic E-state index is 14.2. The molecule has 2 aromatic carbocycles. The highest BCUT2D eigenvalue weighted by atomic mass is 127. The third kappa shape index (κ3) is 3.76. The maximum atomic E-state index is 14.2. The molecule has 0 fully saturated rings. The molecule has 0 aliphatic carbocycles. The van der Waals surface area contributed by atoms with Crippen molar-refractivity contribution in [3.8, 4) is 0 Å². The second-order valence-electron chi connectivity index (χ2n) is 4.70. The molecule has 0 amide bonds. The van der Waals surface area contributed by atoms with E-state index in [-0.39, 0.29) is 20.0 Å². The SMILES string of the molecule is O=S(=O)(c1cc(F)c(Cl)c(F)c1CI)c1cc(F)c(Cl)c(F)c1CI. The molecule has 0 aromatic heterocycles. The first-order chi connectivity index (χ1) is 11.6. The van der Waals surface area contributed by atoms with Gasteiger partial charge in [0.05, 0.1) is 9.79 Å². The summed E-state index contributed by atoms with van der Waals surface area (Å²) in [7, 11) is -4.63. The maximum Gasteiger partial charge on any atom is 0.207 e. The van der Waals surface area contributed by atoms with Gasteiger partial charge in [0.25, 0.3) is 0 Å². The molecular formula is C14H6Cl2F4I2O2S. The van der Waals surface area contributed by atoms with Crippen LogP contribution in [0.25, 0.3) is 0 Å². The highest BCUT2D eigenvalue weighted by Crippen LogP contribution is 2.37. The van der Waals surface area contributed by atoms with Gasteiger partial charge in [-0.1, -0.05) is 68.4 Å². The standard InChI is InChI=1S/C14H6Cl2F4I2O2S/c15-11-7(17)1-9(5(3-21)13(11)19)25(23,24)10-2-8(18)12(16)14(20)6(10)4-22/h1-2H,3-4H2. The first kappa shape index (κ1) is 21.5. The van der Waals surface area contributed by atoms with Crippen LogP contribution in [0.1, 0.15) is 11.1 Å². The number of rotatable bonds is 4. The summed E-state index contributed by atoms with van der Waals surface area (Å²) in [6, 6.07) is 1.08. The van der Waals surface area contributed by atoms with Crippen LogP contribution in [0.3, 0.4) is 0 Å². The van der Waals surface area contributed by atoms with Gasteiger partial charge in [-0.25, -0.2) is 26.0 Å². The first-order valence-electron chi connectivity index (χ1n) is 6.27. The van der Waals surface area contributed by atoms with Gasteiger partial charge in [-0.05, 0) is 12.1 Å². The van der Waals surface area contributed by atoms with Crippen molar-refractivity contribution in [1.29, 1.82) is 0 Å². The molecule has 2 aromatic rings. The van der Waals surface area contributed by atoms with Crippen LogP contribution in [0.15, 0.2) is 21.9 Å². The van der Waals surface area contributed by atoms with E-state index in [4.69, 9.17) is 23.2 Å². The smallest absolute Gasteiger partial charge is 0.207 e. The molecule has 136 valence electrons. The summed E-state index contributed by atoms with van der Waals surface area (Å²) in [5.74, 6) is -5.06. The molecule has 0 unspecified atom stereocenters. The summed E-state index contributed by atoms with van der Waals surface area (Å²) >= 11 is 14.3. The molecule has 0 aliphatic rings. The van der Waals surface area contributed by atoms with Crippen molar-refractivity contribution in [3.05, 3.63) is 56.6 Å². The molecule has 0 bridgehead atoms. The van der Waals surface area contributed by atoms with Gasteiger partial charge in [0.15, 0.2) is 0 Å². The average Bonchev–Trinajstić information content (AvgIpc) is 2.56. The quantitative estimate of drug-likeness (QED) is 0.172. The summed E-state index contributed by atoms with van der Waals surface area (Å²) in [6.45, 7) is 0. The number of hydrogen-bond acceptors (Lipinski definition) is 2. The summed E-state index contributed by atoms with van der Waals surface area (Å²) in [6.07, 6.45) is 0. The highest BCUT2D eigenvalue weighted by molar-refractivity contribution is 14.1. The van der Waals surface area contributed by atoms with Crippen LogP contribution < -0.4 is 0 Å². The minimum absolute atomic E-state index is 0.156. The van der Waals surface area contributed by atoms with Crippen LogP contribution in [0.4, 0.5) is 17.6 Å². The first-order valence-corrected chi connectivity index (χ1v) is 11.6. The van der Waals surface area contributed by atoms with Crippen molar-refractivity contribution in [3.63, 3.8) is 0 Å². The van der Waals surface area contributed by atoms with Crippen molar-refractivity contribution < 1.29 is 26.0 Å². The Morgan fingerprint density at radius 1 is 0.800 bits per heavy atom. The van der Waals surface area contributed by atoms with Gasteiger partial charge < -0.3 is 0 Å². The molecule has 0 aliphatic heterocycles. The Hall–Kier alpha value is 0.150. The molecule has 0 radical (unpaired) electrons. The molecule has 0 atom stereocenters. The van der Waals surface area contributed by atoms with Gasteiger partial charge in [-0.3, -0.25) is 0 Å². The Morgan fingerprint density at radius 2 is 1.12 bits per heavy atom. The minimum atomic E-state index is -4.63. The van der Waals surface area contributed by atoms with Crippen LogP contribution in [-0.4, -0.2) is 8.42 Å². The van der Waals surface area contributed by atoms with E-state index in [1.807, 2.05) is 0 Å². The van der Waals surface area contributed by atoms with Gasteiger partial charge >= 0.3 is 0 Å². The summed E-state index contributed by atoms with van der Waals surface area (Å²) < 4.78 is 81.3. The van der Waals surface area contributed by atoms with Crippen LogP contribution in [0.5, 0.6) is 0 Å². The van der Waals surface area contributed by atoms with Crippen molar-refractivity contribution >= 4 is 78.2 Å². The topological polar surface area (TPSA) is 34.1 Å². The Bertz CT molecular complexity index is 897. The number of alkyl halides is 2. The Labute approximate surface area is 178 Å². The molecule has 0 heterocycles. The van der Waals surface area contributed by atoms with E-state index in [1.54, 1.807) is 45.2 Å². The average molecular weight is 639 g/mol. The van der Waals surface area contributed by atoms with E-state index in [0.717, 1.165) is 0 Å². The summed E-state index contributed by atoms with van der Waals surface area (Å²) in [5.41, 5.74) is -0.774. The van der Waals surface area contributed by atoms with E-state index in [0.29, 0.717) is 12.1 Å². The lowest BCUT2D eigenvalue weighted by Crippen LogP contribution is -2.12. The Kier molecular flexibility index (Phi) is 6.89. The van der Waals surface area contributed by atoms with Crippen LogP contribution in [0, 0.1) is 23.3 Å². The number of halogens is 8. The predicted molar refractivity (Wildman–Crippen MR) is 104 cm³/mol. The molecular weight excluding hydrogens is 633 g/mol. The zero-order valence-corrected chi connectivity index (χ0v) is 18.5. The normalized spacial score (nSPS) is 11.8. The molecule has 25 heavy (non-hydrogen) atoms. The Morgan fingerprint density at radius 3 is 1.40 bits per heavy atom. The fourth-order valence-electron chi connectivity index (χ4n) is 2.07. The van der Waals surface area contributed by atoms with Crippen molar-refractivity contribution in [1.82, 2.24) is 0 Å². The second-order valence-corrected chi connectivity index (χ2v) is 8.86. The van der Waals surface area contributed by atoms with E-state index in [1.165, 1.54) is 0 Å². The fraction of sp³-hybridized carbons (Fsp3) is 0.143. The minimum Gasteiger partial charge on any atom is -0.218 e. The second kappa shape index (κ2) is 8.03. The van der Waals surface area contributed by atoms with Gasteiger partial charge in [-0.2, -0.15) is 0 Å². The highest BCUT2D eigenvalue weighted by Gasteiger charge is 2.31. The lowest BCUT2D eigenvalue weighted by molar-refractivity contribution is 0.553. The molecule has 2 nitrogen and oxygen atoms in total. The fourth-order valence-corrected chi connectivity index (χ4v) is 6.14. The van der Waals surface area contributed by atoms with Gasteiger partial charge in [0.1, 0.15) is 33.3 Å². The monoisotopic (exact) mass is 638 g/mol. The van der Waals surface area contributed by atoms with E-state index >= 15 is 0 Å². The number of hydrogen-bond donors (Lipinski definition) is 0. The van der Waals surface area contributed by atoms with E-state index in [9.17, 15) is 26.0 Å². The zero-order chi connectivity index (χ0) is 19.1. The lowest BCUT2D eigenvalue weighted by Gasteiger charge is -2.15.